The number of rotatable bonds is 3. The molecule has 18 heavy (non-hydrogen) atoms. The molecule has 98 valence electrons. The smallest absolute Gasteiger partial charge is 0.124 e. The molecule has 0 radical (unpaired) electrons. The molecule has 0 saturated carbocycles. The molecule has 1 heterocycles. The zero-order valence-corrected chi connectivity index (χ0v) is 12.5. The molecule has 0 saturated heterocycles. The molecule has 1 aromatic carbocycles. The summed E-state index contributed by atoms with van der Waals surface area (Å²) in [7, 11) is 0. The van der Waals surface area contributed by atoms with Crippen molar-refractivity contribution in [3.8, 4) is 0 Å². The van der Waals surface area contributed by atoms with Crippen molar-refractivity contribution in [3.63, 3.8) is 0 Å². The first-order valence-corrected chi connectivity index (χ1v) is 7.02. The zero-order chi connectivity index (χ0) is 13.3. The first kappa shape index (κ1) is 13.7. The summed E-state index contributed by atoms with van der Waals surface area (Å²) < 4.78 is 2.18. The van der Waals surface area contributed by atoms with E-state index in [9.17, 15) is 0 Å². The van der Waals surface area contributed by atoms with Gasteiger partial charge in [0.1, 0.15) is 5.82 Å². The summed E-state index contributed by atoms with van der Waals surface area (Å²) in [5.74, 6) is 1.34. The Morgan fingerprint density at radius 3 is 2.61 bits per heavy atom. The SMILES string of the molecule is CC(C)(C)CCn1c(CCl)nc2ccc(Cl)cc21. The van der Waals surface area contributed by atoms with E-state index < -0.39 is 0 Å². The monoisotopic (exact) mass is 284 g/mol. The van der Waals surface area contributed by atoms with Crippen LogP contribution in [0.3, 0.4) is 0 Å². The number of halogens is 2. The number of aryl methyl sites for hydroxylation is 1. The third-order valence-electron chi connectivity index (χ3n) is 2.99. The molecular weight excluding hydrogens is 267 g/mol. The van der Waals surface area contributed by atoms with Gasteiger partial charge in [-0.15, -0.1) is 11.6 Å². The minimum atomic E-state index is 0.290. The Hall–Kier alpha value is -0.730. The highest BCUT2D eigenvalue weighted by molar-refractivity contribution is 6.31. The number of nitrogens with zero attached hydrogens (tertiary/aromatic N) is 2. The molecule has 0 bridgehead atoms. The Morgan fingerprint density at radius 1 is 1.28 bits per heavy atom. The lowest BCUT2D eigenvalue weighted by Crippen LogP contribution is -2.11. The summed E-state index contributed by atoms with van der Waals surface area (Å²) >= 11 is 12.0. The Bertz CT molecular complexity index is 553. The van der Waals surface area contributed by atoms with Crippen LogP contribution in [0.15, 0.2) is 18.2 Å². The Balaban J connectivity index is 2.42. The molecule has 0 unspecified atom stereocenters. The van der Waals surface area contributed by atoms with E-state index in [-0.39, 0.29) is 0 Å². The van der Waals surface area contributed by atoms with E-state index in [2.05, 4.69) is 30.3 Å². The number of fused-ring (bicyclic) bond motifs is 1. The first-order chi connectivity index (χ1) is 8.40. The third-order valence-corrected chi connectivity index (χ3v) is 3.47. The minimum Gasteiger partial charge on any atom is -0.327 e. The summed E-state index contributed by atoms with van der Waals surface area (Å²) in [5.41, 5.74) is 2.32. The number of imidazole rings is 1. The number of hydrogen-bond acceptors (Lipinski definition) is 1. The van der Waals surface area contributed by atoms with E-state index in [1.54, 1.807) is 0 Å². The Kier molecular flexibility index (Phi) is 3.88. The van der Waals surface area contributed by atoms with Gasteiger partial charge in [-0.25, -0.2) is 4.98 Å². The fourth-order valence-corrected chi connectivity index (χ4v) is 2.31. The van der Waals surface area contributed by atoms with Gasteiger partial charge in [-0.05, 0) is 30.0 Å². The molecule has 0 spiro atoms. The van der Waals surface area contributed by atoms with Gasteiger partial charge in [0.15, 0.2) is 0 Å². The lowest BCUT2D eigenvalue weighted by atomic mass is 9.92. The van der Waals surface area contributed by atoms with E-state index in [1.165, 1.54) is 0 Å². The number of alkyl halides is 1. The van der Waals surface area contributed by atoms with Gasteiger partial charge in [-0.2, -0.15) is 0 Å². The van der Waals surface area contributed by atoms with Crippen LogP contribution < -0.4 is 0 Å². The maximum Gasteiger partial charge on any atom is 0.124 e. The molecule has 0 fully saturated rings. The summed E-state index contributed by atoms with van der Waals surface area (Å²) in [4.78, 5) is 4.55. The van der Waals surface area contributed by atoms with Gasteiger partial charge in [0.05, 0.1) is 16.9 Å². The number of benzene rings is 1. The second-order valence-corrected chi connectivity index (χ2v) is 6.46. The molecule has 0 N–H and O–H groups in total. The highest BCUT2D eigenvalue weighted by Crippen LogP contribution is 2.25. The second kappa shape index (κ2) is 5.10. The minimum absolute atomic E-state index is 0.290. The summed E-state index contributed by atoms with van der Waals surface area (Å²) in [6.45, 7) is 7.63. The molecule has 0 aliphatic rings. The predicted molar refractivity (Wildman–Crippen MR) is 78.4 cm³/mol. The van der Waals surface area contributed by atoms with E-state index in [0.717, 1.165) is 34.8 Å². The van der Waals surface area contributed by atoms with Crippen LogP contribution in [0.4, 0.5) is 0 Å². The molecule has 1 aromatic heterocycles. The van der Waals surface area contributed by atoms with Gasteiger partial charge < -0.3 is 4.57 Å². The lowest BCUT2D eigenvalue weighted by molar-refractivity contribution is 0.351. The second-order valence-electron chi connectivity index (χ2n) is 5.76. The largest absolute Gasteiger partial charge is 0.327 e. The van der Waals surface area contributed by atoms with Crippen LogP contribution in [-0.2, 0) is 12.4 Å². The van der Waals surface area contributed by atoms with E-state index in [1.807, 2.05) is 18.2 Å². The van der Waals surface area contributed by atoms with Gasteiger partial charge >= 0.3 is 0 Å². The van der Waals surface area contributed by atoms with Gasteiger partial charge in [0.25, 0.3) is 0 Å². The summed E-state index contributed by atoms with van der Waals surface area (Å²) in [6, 6.07) is 5.77. The first-order valence-electron chi connectivity index (χ1n) is 6.11. The van der Waals surface area contributed by atoms with Crippen molar-refractivity contribution in [2.24, 2.45) is 5.41 Å². The predicted octanol–water partition coefficient (Wildman–Crippen LogP) is 4.86. The van der Waals surface area contributed by atoms with Gasteiger partial charge in [0.2, 0.25) is 0 Å². The van der Waals surface area contributed by atoms with Gasteiger partial charge in [-0.3, -0.25) is 0 Å². The van der Waals surface area contributed by atoms with E-state index in [4.69, 9.17) is 23.2 Å². The maximum atomic E-state index is 6.06. The van der Waals surface area contributed by atoms with Crippen LogP contribution >= 0.6 is 23.2 Å². The van der Waals surface area contributed by atoms with Crippen molar-refractivity contribution >= 4 is 34.2 Å². The Labute approximate surface area is 118 Å². The summed E-state index contributed by atoms with van der Waals surface area (Å²) in [6.07, 6.45) is 1.08. The Morgan fingerprint density at radius 2 is 2.00 bits per heavy atom. The lowest BCUT2D eigenvalue weighted by Gasteiger charge is -2.19. The van der Waals surface area contributed by atoms with E-state index in [0.29, 0.717) is 11.3 Å². The molecule has 0 atom stereocenters. The average molecular weight is 285 g/mol. The zero-order valence-electron chi connectivity index (χ0n) is 11.0. The van der Waals surface area contributed by atoms with Crippen molar-refractivity contribution < 1.29 is 0 Å². The van der Waals surface area contributed by atoms with Crippen LogP contribution in [0.1, 0.15) is 33.0 Å². The number of hydrogen-bond donors (Lipinski definition) is 0. The number of aromatic nitrogens is 2. The molecule has 0 aliphatic carbocycles. The summed E-state index contributed by atoms with van der Waals surface area (Å²) in [5, 5.41) is 0.737. The van der Waals surface area contributed by atoms with Crippen molar-refractivity contribution in [1.29, 1.82) is 0 Å². The van der Waals surface area contributed by atoms with Crippen LogP contribution in [0.2, 0.25) is 5.02 Å². The average Bonchev–Trinajstić information content (AvgIpc) is 2.62. The van der Waals surface area contributed by atoms with Crippen LogP contribution in [0.25, 0.3) is 11.0 Å². The topological polar surface area (TPSA) is 17.8 Å². The molecule has 2 aromatic rings. The quantitative estimate of drug-likeness (QED) is 0.736. The highest BCUT2D eigenvalue weighted by atomic mass is 35.5. The molecule has 2 rings (SSSR count). The molecule has 2 nitrogen and oxygen atoms in total. The van der Waals surface area contributed by atoms with Gasteiger partial charge in [-0.1, -0.05) is 32.4 Å². The van der Waals surface area contributed by atoms with Crippen molar-refractivity contribution in [2.45, 2.75) is 39.6 Å². The standard InChI is InChI=1S/C14H18Cl2N2/c1-14(2,3)6-7-18-12-8-10(16)4-5-11(12)17-13(18)9-15/h4-5,8H,6-7,9H2,1-3H3. The highest BCUT2D eigenvalue weighted by Gasteiger charge is 2.14. The van der Waals surface area contributed by atoms with Crippen LogP contribution in [0, 0.1) is 5.41 Å². The van der Waals surface area contributed by atoms with E-state index >= 15 is 0 Å². The fourth-order valence-electron chi connectivity index (χ4n) is 1.94. The molecular formula is C14H18Cl2N2. The molecule has 0 amide bonds. The van der Waals surface area contributed by atoms with Crippen molar-refractivity contribution in [2.75, 3.05) is 0 Å². The third kappa shape index (κ3) is 2.99. The molecule has 4 heteroatoms. The fraction of sp³-hybridized carbons (Fsp3) is 0.500. The van der Waals surface area contributed by atoms with Crippen LogP contribution in [-0.4, -0.2) is 9.55 Å². The van der Waals surface area contributed by atoms with Crippen molar-refractivity contribution in [1.82, 2.24) is 9.55 Å². The molecule has 0 aliphatic heterocycles. The van der Waals surface area contributed by atoms with Crippen molar-refractivity contribution in [3.05, 3.63) is 29.0 Å². The van der Waals surface area contributed by atoms with Gasteiger partial charge in [0, 0.05) is 11.6 Å². The normalized spacial score (nSPS) is 12.3. The maximum absolute atomic E-state index is 6.06. The van der Waals surface area contributed by atoms with Crippen LogP contribution in [0.5, 0.6) is 0 Å².